The summed E-state index contributed by atoms with van der Waals surface area (Å²) in [5.41, 5.74) is 0.951. The van der Waals surface area contributed by atoms with Crippen LogP contribution in [0.4, 0.5) is 10.6 Å². The fourth-order valence-corrected chi connectivity index (χ4v) is 1.84. The van der Waals surface area contributed by atoms with Gasteiger partial charge in [0.25, 0.3) is 0 Å². The molecular formula is C16H27N3O. The smallest absolute Gasteiger partial charge is 0.320 e. The minimum atomic E-state index is -0.181. The molecule has 0 aliphatic heterocycles. The summed E-state index contributed by atoms with van der Waals surface area (Å²) in [5, 5.41) is 5.64. The molecule has 0 saturated heterocycles. The van der Waals surface area contributed by atoms with Gasteiger partial charge < -0.3 is 5.32 Å². The standard InChI is InChI=1S/C16H27N3O/c1-5-6-7-8-12-17-15(20)19-14-11-9-10-13(18-14)16(2,3)4/h9-11H,5-8,12H2,1-4H3,(H2,17,18,19,20). The van der Waals surface area contributed by atoms with Gasteiger partial charge in [-0.2, -0.15) is 0 Å². The molecule has 112 valence electrons. The average Bonchev–Trinajstić information content (AvgIpc) is 2.38. The Morgan fingerprint density at radius 1 is 1.20 bits per heavy atom. The molecule has 0 aliphatic carbocycles. The number of carbonyl (C=O) groups is 1. The van der Waals surface area contributed by atoms with Gasteiger partial charge in [0.05, 0.1) is 0 Å². The molecule has 2 amide bonds. The number of rotatable bonds is 6. The summed E-state index contributed by atoms with van der Waals surface area (Å²) >= 11 is 0. The Labute approximate surface area is 122 Å². The van der Waals surface area contributed by atoms with Gasteiger partial charge in [-0.15, -0.1) is 0 Å². The fourth-order valence-electron chi connectivity index (χ4n) is 1.84. The summed E-state index contributed by atoms with van der Waals surface area (Å²) in [7, 11) is 0. The normalized spacial score (nSPS) is 11.2. The van der Waals surface area contributed by atoms with Crippen molar-refractivity contribution in [3.05, 3.63) is 23.9 Å². The van der Waals surface area contributed by atoms with Crippen LogP contribution in [0, 0.1) is 0 Å². The van der Waals surface area contributed by atoms with Crippen LogP contribution < -0.4 is 10.6 Å². The van der Waals surface area contributed by atoms with E-state index in [-0.39, 0.29) is 11.4 Å². The van der Waals surface area contributed by atoms with E-state index in [0.29, 0.717) is 12.4 Å². The van der Waals surface area contributed by atoms with Crippen molar-refractivity contribution in [3.63, 3.8) is 0 Å². The second-order valence-corrected chi connectivity index (χ2v) is 6.10. The topological polar surface area (TPSA) is 54.0 Å². The number of nitrogens with zero attached hydrogens (tertiary/aromatic N) is 1. The Bertz CT molecular complexity index is 424. The molecule has 1 heterocycles. The van der Waals surface area contributed by atoms with Crippen molar-refractivity contribution in [2.24, 2.45) is 0 Å². The fraction of sp³-hybridized carbons (Fsp3) is 0.625. The summed E-state index contributed by atoms with van der Waals surface area (Å²) in [6.45, 7) is 9.20. The van der Waals surface area contributed by atoms with Gasteiger partial charge in [-0.3, -0.25) is 5.32 Å². The lowest BCUT2D eigenvalue weighted by molar-refractivity contribution is 0.252. The van der Waals surface area contributed by atoms with Crippen molar-refractivity contribution in [1.82, 2.24) is 10.3 Å². The Morgan fingerprint density at radius 3 is 2.60 bits per heavy atom. The lowest BCUT2D eigenvalue weighted by Gasteiger charge is -2.18. The summed E-state index contributed by atoms with van der Waals surface area (Å²) in [4.78, 5) is 16.2. The van der Waals surface area contributed by atoms with Crippen LogP contribution in [-0.2, 0) is 5.41 Å². The van der Waals surface area contributed by atoms with Gasteiger partial charge in [0.1, 0.15) is 5.82 Å². The maximum Gasteiger partial charge on any atom is 0.320 e. The zero-order valence-electron chi connectivity index (χ0n) is 13.1. The summed E-state index contributed by atoms with van der Waals surface area (Å²) in [6.07, 6.45) is 4.61. The monoisotopic (exact) mass is 277 g/mol. The highest BCUT2D eigenvalue weighted by Crippen LogP contribution is 2.21. The molecule has 0 unspecified atom stereocenters. The number of amides is 2. The highest BCUT2D eigenvalue weighted by atomic mass is 16.2. The molecule has 0 radical (unpaired) electrons. The summed E-state index contributed by atoms with van der Waals surface area (Å²) in [6, 6.07) is 5.53. The first kappa shape index (κ1) is 16.5. The second kappa shape index (κ2) is 7.88. The van der Waals surface area contributed by atoms with E-state index in [2.05, 4.69) is 43.3 Å². The molecule has 0 fully saturated rings. The molecule has 1 rings (SSSR count). The van der Waals surface area contributed by atoms with Crippen molar-refractivity contribution in [3.8, 4) is 0 Å². The number of pyridine rings is 1. The Hall–Kier alpha value is -1.58. The van der Waals surface area contributed by atoms with Gasteiger partial charge in [-0.25, -0.2) is 9.78 Å². The molecule has 1 aromatic heterocycles. The first-order valence-corrected chi connectivity index (χ1v) is 7.46. The molecule has 2 N–H and O–H groups in total. The molecule has 1 aromatic rings. The number of anilines is 1. The van der Waals surface area contributed by atoms with Gasteiger partial charge in [0.15, 0.2) is 0 Å². The van der Waals surface area contributed by atoms with Crippen molar-refractivity contribution in [2.45, 2.75) is 58.8 Å². The summed E-state index contributed by atoms with van der Waals surface area (Å²) < 4.78 is 0. The minimum Gasteiger partial charge on any atom is -0.338 e. The van der Waals surface area contributed by atoms with Crippen LogP contribution in [0.15, 0.2) is 18.2 Å². The van der Waals surface area contributed by atoms with Crippen LogP contribution in [0.3, 0.4) is 0 Å². The van der Waals surface area contributed by atoms with E-state index >= 15 is 0 Å². The van der Waals surface area contributed by atoms with Crippen LogP contribution >= 0.6 is 0 Å². The van der Waals surface area contributed by atoms with Crippen molar-refractivity contribution in [2.75, 3.05) is 11.9 Å². The van der Waals surface area contributed by atoms with Gasteiger partial charge in [-0.1, -0.05) is 53.0 Å². The second-order valence-electron chi connectivity index (χ2n) is 6.10. The van der Waals surface area contributed by atoms with Crippen molar-refractivity contribution in [1.29, 1.82) is 0 Å². The molecule has 0 aliphatic rings. The molecule has 0 spiro atoms. The Morgan fingerprint density at radius 2 is 1.95 bits per heavy atom. The largest absolute Gasteiger partial charge is 0.338 e. The number of hydrogen-bond donors (Lipinski definition) is 2. The molecule has 0 aromatic carbocycles. The Balaban J connectivity index is 2.42. The number of unbranched alkanes of at least 4 members (excludes halogenated alkanes) is 3. The third kappa shape index (κ3) is 6.04. The van der Waals surface area contributed by atoms with E-state index in [1.807, 2.05) is 18.2 Å². The van der Waals surface area contributed by atoms with Gasteiger partial charge in [0.2, 0.25) is 0 Å². The summed E-state index contributed by atoms with van der Waals surface area (Å²) in [5.74, 6) is 0.600. The first-order chi connectivity index (χ1) is 9.43. The van der Waals surface area contributed by atoms with Crippen LogP contribution in [0.1, 0.15) is 59.1 Å². The predicted octanol–water partition coefficient (Wildman–Crippen LogP) is 4.08. The van der Waals surface area contributed by atoms with Gasteiger partial charge in [0, 0.05) is 17.7 Å². The zero-order chi connectivity index (χ0) is 15.0. The Kier molecular flexibility index (Phi) is 6.49. The van der Waals surface area contributed by atoms with Crippen LogP contribution in [0.5, 0.6) is 0 Å². The maximum atomic E-state index is 11.7. The van der Waals surface area contributed by atoms with E-state index in [4.69, 9.17) is 0 Å². The third-order valence-corrected chi connectivity index (χ3v) is 3.08. The molecular weight excluding hydrogens is 250 g/mol. The number of carbonyl (C=O) groups excluding carboxylic acids is 1. The van der Waals surface area contributed by atoms with Crippen LogP contribution in [0.25, 0.3) is 0 Å². The van der Waals surface area contributed by atoms with Crippen LogP contribution in [0.2, 0.25) is 0 Å². The van der Waals surface area contributed by atoms with E-state index in [1.165, 1.54) is 12.8 Å². The number of hydrogen-bond acceptors (Lipinski definition) is 2. The third-order valence-electron chi connectivity index (χ3n) is 3.08. The van der Waals surface area contributed by atoms with Gasteiger partial charge in [-0.05, 0) is 18.6 Å². The van der Waals surface area contributed by atoms with E-state index in [1.54, 1.807) is 0 Å². The lowest BCUT2D eigenvalue weighted by Crippen LogP contribution is -2.30. The van der Waals surface area contributed by atoms with Gasteiger partial charge >= 0.3 is 6.03 Å². The quantitative estimate of drug-likeness (QED) is 0.770. The number of nitrogens with one attached hydrogen (secondary N) is 2. The molecule has 0 saturated carbocycles. The molecule has 0 bridgehead atoms. The highest BCUT2D eigenvalue weighted by molar-refractivity contribution is 5.88. The van der Waals surface area contributed by atoms with Crippen molar-refractivity contribution >= 4 is 11.8 Å². The number of aromatic nitrogens is 1. The first-order valence-electron chi connectivity index (χ1n) is 7.46. The highest BCUT2D eigenvalue weighted by Gasteiger charge is 2.15. The van der Waals surface area contributed by atoms with Crippen LogP contribution in [-0.4, -0.2) is 17.6 Å². The predicted molar refractivity (Wildman–Crippen MR) is 84.1 cm³/mol. The van der Waals surface area contributed by atoms with E-state index in [0.717, 1.165) is 18.5 Å². The maximum absolute atomic E-state index is 11.7. The average molecular weight is 277 g/mol. The van der Waals surface area contributed by atoms with E-state index < -0.39 is 0 Å². The van der Waals surface area contributed by atoms with E-state index in [9.17, 15) is 4.79 Å². The molecule has 4 heteroatoms. The minimum absolute atomic E-state index is 0.0195. The molecule has 0 atom stereocenters. The molecule has 4 nitrogen and oxygen atoms in total. The van der Waals surface area contributed by atoms with Crippen molar-refractivity contribution < 1.29 is 4.79 Å². The molecule has 20 heavy (non-hydrogen) atoms. The zero-order valence-corrected chi connectivity index (χ0v) is 13.1. The SMILES string of the molecule is CCCCCCNC(=O)Nc1cccc(C(C)(C)C)n1. The lowest BCUT2D eigenvalue weighted by atomic mass is 9.92. The number of urea groups is 1.